The first-order valence-corrected chi connectivity index (χ1v) is 9.42. The number of nitrogens with one attached hydrogen (secondary N) is 2. The molecule has 1 aliphatic carbocycles. The highest BCUT2D eigenvalue weighted by Crippen LogP contribution is 2.28. The summed E-state index contributed by atoms with van der Waals surface area (Å²) in [6, 6.07) is 7.34. The van der Waals surface area contributed by atoms with Gasteiger partial charge in [0.25, 0.3) is 5.91 Å². The molecule has 0 unspecified atom stereocenters. The van der Waals surface area contributed by atoms with Gasteiger partial charge < -0.3 is 20.3 Å². The van der Waals surface area contributed by atoms with Gasteiger partial charge in [-0.1, -0.05) is 22.0 Å². The molecular weight excluding hydrogens is 511 g/mol. The van der Waals surface area contributed by atoms with Gasteiger partial charge >= 0.3 is 0 Å². The van der Waals surface area contributed by atoms with Crippen molar-refractivity contribution in [3.63, 3.8) is 0 Å². The van der Waals surface area contributed by atoms with Crippen molar-refractivity contribution in [3.8, 4) is 0 Å². The molecule has 2 N–H and O–H groups in total. The molecule has 0 spiro atoms. The van der Waals surface area contributed by atoms with E-state index in [0.29, 0.717) is 25.3 Å². The zero-order valence-electron chi connectivity index (χ0n) is 15.3. The molecule has 1 aliphatic rings. The van der Waals surface area contributed by atoms with Crippen LogP contribution in [0.25, 0.3) is 0 Å². The minimum Gasteiger partial charge on any atom is -0.379 e. The Kier molecular flexibility index (Phi) is 11.1. The second-order valence-corrected chi connectivity index (χ2v) is 7.10. The monoisotopic (exact) mass is 538 g/mol. The number of hydrogen-bond donors (Lipinski definition) is 2. The van der Waals surface area contributed by atoms with Crippen molar-refractivity contribution >= 4 is 51.8 Å². The number of nitrogens with zero attached hydrogens (tertiary/aromatic N) is 2. The molecule has 8 heteroatoms. The van der Waals surface area contributed by atoms with E-state index >= 15 is 0 Å². The van der Waals surface area contributed by atoms with Crippen LogP contribution < -0.4 is 10.6 Å². The van der Waals surface area contributed by atoms with Crippen LogP contribution in [0.5, 0.6) is 0 Å². The Labute approximate surface area is 181 Å². The van der Waals surface area contributed by atoms with Crippen molar-refractivity contribution in [1.29, 1.82) is 0 Å². The second kappa shape index (κ2) is 12.5. The predicted octanol–water partition coefficient (Wildman–Crippen LogP) is 2.73. The summed E-state index contributed by atoms with van der Waals surface area (Å²) in [6.07, 6.45) is 2.62. The van der Waals surface area contributed by atoms with Crippen LogP contribution in [0.15, 0.2) is 33.7 Å². The van der Waals surface area contributed by atoms with Crippen LogP contribution in [0.4, 0.5) is 0 Å². The van der Waals surface area contributed by atoms with Crippen molar-refractivity contribution in [2.75, 3.05) is 46.9 Å². The molecule has 1 fully saturated rings. The zero-order valence-corrected chi connectivity index (χ0v) is 19.2. The van der Waals surface area contributed by atoms with Crippen LogP contribution >= 0.6 is 39.9 Å². The molecule has 0 saturated heterocycles. The number of halogens is 2. The Bertz CT molecular complexity index is 596. The maximum absolute atomic E-state index is 12.1. The number of ether oxygens (including phenoxy) is 1. The fourth-order valence-corrected chi connectivity index (χ4v) is 2.71. The fourth-order valence-electron chi connectivity index (χ4n) is 2.31. The van der Waals surface area contributed by atoms with Gasteiger partial charge in [-0.25, -0.2) is 0 Å². The largest absolute Gasteiger partial charge is 0.379 e. The Morgan fingerprint density at radius 3 is 2.73 bits per heavy atom. The summed E-state index contributed by atoms with van der Waals surface area (Å²) in [4.78, 5) is 18.4. The van der Waals surface area contributed by atoms with Crippen LogP contribution in [0.2, 0.25) is 0 Å². The minimum atomic E-state index is -0.0834. The molecule has 26 heavy (non-hydrogen) atoms. The Hall–Kier alpha value is -0.870. The molecule has 1 saturated carbocycles. The first kappa shape index (κ1) is 23.2. The van der Waals surface area contributed by atoms with Crippen LogP contribution in [0, 0.1) is 5.92 Å². The average molecular weight is 539 g/mol. The average Bonchev–Trinajstić information content (AvgIpc) is 3.42. The van der Waals surface area contributed by atoms with Crippen molar-refractivity contribution in [2.24, 2.45) is 10.9 Å². The first-order valence-electron chi connectivity index (χ1n) is 8.63. The van der Waals surface area contributed by atoms with Gasteiger partial charge in [0.2, 0.25) is 0 Å². The summed E-state index contributed by atoms with van der Waals surface area (Å²) in [5.74, 6) is 1.50. The molecule has 1 aromatic rings. The smallest absolute Gasteiger partial charge is 0.251 e. The highest BCUT2D eigenvalue weighted by molar-refractivity contribution is 14.0. The number of guanidine groups is 1. The lowest BCUT2D eigenvalue weighted by atomic mass is 10.2. The summed E-state index contributed by atoms with van der Waals surface area (Å²) in [5.41, 5.74) is 0.642. The van der Waals surface area contributed by atoms with Gasteiger partial charge in [0, 0.05) is 50.4 Å². The molecule has 0 bridgehead atoms. The normalized spacial score (nSPS) is 13.7. The molecule has 1 amide bonds. The number of amides is 1. The van der Waals surface area contributed by atoms with Crippen LogP contribution in [-0.4, -0.2) is 63.7 Å². The third kappa shape index (κ3) is 8.68. The number of aliphatic imine (C=N–C) groups is 1. The quantitative estimate of drug-likeness (QED) is 0.220. The molecule has 0 atom stereocenters. The molecule has 0 aliphatic heterocycles. The van der Waals surface area contributed by atoms with Crippen molar-refractivity contribution in [1.82, 2.24) is 15.5 Å². The maximum Gasteiger partial charge on any atom is 0.251 e. The second-order valence-electron chi connectivity index (χ2n) is 6.18. The topological polar surface area (TPSA) is 66.0 Å². The highest BCUT2D eigenvalue weighted by Gasteiger charge is 2.21. The summed E-state index contributed by atoms with van der Waals surface area (Å²) in [7, 11) is 3.74. The number of benzene rings is 1. The van der Waals surface area contributed by atoms with E-state index in [1.807, 2.05) is 24.1 Å². The SMILES string of the molecule is CN=C(NCCNC(=O)c1cccc(Br)c1)N(C)CCOCC1CC1.I. The number of carbonyl (C=O) groups is 1. The molecule has 2 rings (SSSR count). The number of carbonyl (C=O) groups excluding carboxylic acids is 1. The third-order valence-corrected chi connectivity index (χ3v) is 4.47. The van der Waals surface area contributed by atoms with Crippen molar-refractivity contribution in [3.05, 3.63) is 34.3 Å². The van der Waals surface area contributed by atoms with E-state index in [9.17, 15) is 4.79 Å². The van der Waals surface area contributed by atoms with E-state index in [2.05, 4.69) is 31.6 Å². The van der Waals surface area contributed by atoms with E-state index in [4.69, 9.17) is 4.74 Å². The number of rotatable bonds is 9. The van der Waals surface area contributed by atoms with Gasteiger partial charge in [-0.15, -0.1) is 24.0 Å². The lowest BCUT2D eigenvalue weighted by molar-refractivity contribution is 0.0954. The van der Waals surface area contributed by atoms with Gasteiger partial charge in [0.05, 0.1) is 6.61 Å². The Balaban J connectivity index is 0.00000338. The van der Waals surface area contributed by atoms with E-state index in [-0.39, 0.29) is 29.9 Å². The highest BCUT2D eigenvalue weighted by atomic mass is 127. The van der Waals surface area contributed by atoms with E-state index < -0.39 is 0 Å². The van der Waals surface area contributed by atoms with E-state index in [0.717, 1.165) is 29.5 Å². The summed E-state index contributed by atoms with van der Waals surface area (Å²) < 4.78 is 6.55. The van der Waals surface area contributed by atoms with Crippen molar-refractivity contribution in [2.45, 2.75) is 12.8 Å². The van der Waals surface area contributed by atoms with E-state index in [1.54, 1.807) is 19.2 Å². The summed E-state index contributed by atoms with van der Waals surface area (Å²) in [5, 5.41) is 6.14. The minimum absolute atomic E-state index is 0. The van der Waals surface area contributed by atoms with Crippen molar-refractivity contribution < 1.29 is 9.53 Å². The first-order chi connectivity index (χ1) is 12.1. The molecule has 0 radical (unpaired) electrons. The standard InChI is InChI=1S/C18H27BrN4O2.HI/c1-20-18(23(2)10-11-25-13-14-6-7-14)22-9-8-21-17(24)15-4-3-5-16(19)12-15;/h3-5,12,14H,6-11,13H2,1-2H3,(H,20,22)(H,21,24);1H. The van der Waals surface area contributed by atoms with Gasteiger partial charge in [-0.3, -0.25) is 9.79 Å². The lowest BCUT2D eigenvalue weighted by Gasteiger charge is -2.22. The van der Waals surface area contributed by atoms with Gasteiger partial charge in [-0.05, 0) is 37.0 Å². The van der Waals surface area contributed by atoms with Crippen LogP contribution in [0.3, 0.4) is 0 Å². The Morgan fingerprint density at radius 2 is 2.08 bits per heavy atom. The van der Waals surface area contributed by atoms with Gasteiger partial charge in [0.15, 0.2) is 5.96 Å². The third-order valence-electron chi connectivity index (χ3n) is 3.98. The molecule has 146 valence electrons. The molecule has 0 aromatic heterocycles. The van der Waals surface area contributed by atoms with Crippen LogP contribution in [0.1, 0.15) is 23.2 Å². The summed E-state index contributed by atoms with van der Waals surface area (Å²) >= 11 is 3.37. The summed E-state index contributed by atoms with van der Waals surface area (Å²) in [6.45, 7) is 3.50. The van der Waals surface area contributed by atoms with Crippen LogP contribution in [-0.2, 0) is 4.74 Å². The number of likely N-dealkylation sites (N-methyl/N-ethyl adjacent to an activating group) is 1. The zero-order chi connectivity index (χ0) is 18.1. The predicted molar refractivity (Wildman–Crippen MR) is 119 cm³/mol. The molecule has 6 nitrogen and oxygen atoms in total. The maximum atomic E-state index is 12.1. The molecule has 1 aromatic carbocycles. The molecular formula is C18H28BrIN4O2. The van der Waals surface area contributed by atoms with Gasteiger partial charge in [0.1, 0.15) is 0 Å². The molecule has 0 heterocycles. The lowest BCUT2D eigenvalue weighted by Crippen LogP contribution is -2.43. The Morgan fingerprint density at radius 1 is 1.35 bits per heavy atom. The van der Waals surface area contributed by atoms with E-state index in [1.165, 1.54) is 12.8 Å². The number of hydrogen-bond acceptors (Lipinski definition) is 3. The van der Waals surface area contributed by atoms with Gasteiger partial charge in [-0.2, -0.15) is 0 Å². The fraction of sp³-hybridized carbons (Fsp3) is 0.556.